The Hall–Kier alpha value is -3.02. The average molecular weight is 314 g/mol. The molecule has 6 heteroatoms. The Labute approximate surface area is 129 Å². The maximum absolute atomic E-state index is 13.1. The number of pyridine rings is 1. The first-order valence-corrected chi connectivity index (χ1v) is 6.83. The normalized spacial score (nSPS) is 10.7. The van der Waals surface area contributed by atoms with Gasteiger partial charge in [0.15, 0.2) is 5.43 Å². The monoisotopic (exact) mass is 314 g/mol. The van der Waals surface area contributed by atoms with Gasteiger partial charge in [0.2, 0.25) is 0 Å². The number of halogens is 2. The van der Waals surface area contributed by atoms with Crippen LogP contribution in [0.25, 0.3) is 10.9 Å². The smallest absolute Gasteiger partial charge is 0.255 e. The molecule has 0 bridgehead atoms. The first-order chi connectivity index (χ1) is 10.9. The molecule has 2 N–H and O–H groups in total. The summed E-state index contributed by atoms with van der Waals surface area (Å²) >= 11 is 0. The highest BCUT2D eigenvalue weighted by Crippen LogP contribution is 2.16. The van der Waals surface area contributed by atoms with Crippen molar-refractivity contribution in [3.8, 4) is 0 Å². The van der Waals surface area contributed by atoms with Gasteiger partial charge in [0.1, 0.15) is 11.6 Å². The Morgan fingerprint density at radius 1 is 1.04 bits per heavy atom. The summed E-state index contributed by atoms with van der Waals surface area (Å²) in [6.07, 6.45) is 0. The van der Waals surface area contributed by atoms with E-state index in [0.717, 1.165) is 17.8 Å². The zero-order valence-electron chi connectivity index (χ0n) is 12.1. The van der Waals surface area contributed by atoms with Crippen LogP contribution in [0.5, 0.6) is 0 Å². The van der Waals surface area contributed by atoms with Gasteiger partial charge in [-0.3, -0.25) is 9.59 Å². The number of aromatic amines is 1. The number of carbonyl (C=O) groups excluding carboxylic acids is 1. The van der Waals surface area contributed by atoms with Crippen LogP contribution in [0, 0.1) is 18.6 Å². The lowest BCUT2D eigenvalue weighted by molar-refractivity contribution is 0.102. The highest BCUT2D eigenvalue weighted by molar-refractivity contribution is 6.06. The van der Waals surface area contributed by atoms with Gasteiger partial charge < -0.3 is 10.3 Å². The molecule has 0 aliphatic rings. The number of hydrogen-bond acceptors (Lipinski definition) is 2. The van der Waals surface area contributed by atoms with Crippen molar-refractivity contribution in [1.82, 2.24) is 4.98 Å². The van der Waals surface area contributed by atoms with Gasteiger partial charge in [0, 0.05) is 40.0 Å². The fraction of sp³-hybridized carbons (Fsp3) is 0.0588. The standard InChI is InChI=1S/C17H12F2N2O2/c1-9-4-16(22)14-5-10(2-3-15(14)20-9)17(23)21-13-7-11(18)6-12(19)8-13/h2-8H,1H3,(H,20,22)(H,21,23). The molecule has 1 heterocycles. The topological polar surface area (TPSA) is 62.0 Å². The van der Waals surface area contributed by atoms with Crippen LogP contribution in [0.1, 0.15) is 16.1 Å². The van der Waals surface area contributed by atoms with Crippen molar-refractivity contribution in [2.75, 3.05) is 5.32 Å². The Bertz CT molecular complexity index is 960. The van der Waals surface area contributed by atoms with Gasteiger partial charge >= 0.3 is 0 Å². The number of hydrogen-bond donors (Lipinski definition) is 2. The van der Waals surface area contributed by atoms with E-state index in [1.807, 2.05) is 0 Å². The molecule has 4 nitrogen and oxygen atoms in total. The minimum atomic E-state index is -0.786. The van der Waals surface area contributed by atoms with E-state index in [-0.39, 0.29) is 16.7 Å². The summed E-state index contributed by atoms with van der Waals surface area (Å²) in [4.78, 5) is 27.2. The van der Waals surface area contributed by atoms with Gasteiger partial charge in [-0.25, -0.2) is 8.78 Å². The van der Waals surface area contributed by atoms with Gasteiger partial charge in [0.05, 0.1) is 0 Å². The summed E-state index contributed by atoms with van der Waals surface area (Å²) in [6, 6.07) is 8.77. The van der Waals surface area contributed by atoms with Crippen LogP contribution in [0.15, 0.2) is 47.3 Å². The minimum absolute atomic E-state index is 0.00501. The van der Waals surface area contributed by atoms with Gasteiger partial charge in [-0.05, 0) is 37.3 Å². The lowest BCUT2D eigenvalue weighted by atomic mass is 10.1. The second-order valence-corrected chi connectivity index (χ2v) is 5.19. The van der Waals surface area contributed by atoms with E-state index >= 15 is 0 Å². The first kappa shape index (κ1) is 14.9. The molecule has 2 aromatic carbocycles. The molecule has 116 valence electrons. The first-order valence-electron chi connectivity index (χ1n) is 6.83. The fourth-order valence-electron chi connectivity index (χ4n) is 2.35. The molecule has 0 aliphatic heterocycles. The van der Waals surface area contributed by atoms with E-state index in [1.165, 1.54) is 18.2 Å². The summed E-state index contributed by atoms with van der Waals surface area (Å²) < 4.78 is 26.3. The molecule has 3 aromatic rings. The Morgan fingerprint density at radius 3 is 2.43 bits per heavy atom. The molecule has 1 aromatic heterocycles. The van der Waals surface area contributed by atoms with E-state index < -0.39 is 17.5 Å². The van der Waals surface area contributed by atoms with Crippen molar-refractivity contribution >= 4 is 22.5 Å². The number of benzene rings is 2. The SMILES string of the molecule is Cc1cc(=O)c2cc(C(=O)Nc3cc(F)cc(F)c3)ccc2[nH]1. The number of anilines is 1. The van der Waals surface area contributed by atoms with E-state index in [2.05, 4.69) is 10.3 Å². The number of fused-ring (bicyclic) bond motifs is 1. The molecular weight excluding hydrogens is 302 g/mol. The van der Waals surface area contributed by atoms with E-state index in [4.69, 9.17) is 0 Å². The van der Waals surface area contributed by atoms with Crippen molar-refractivity contribution in [2.45, 2.75) is 6.92 Å². The maximum atomic E-state index is 13.1. The quantitative estimate of drug-likeness (QED) is 0.762. The zero-order chi connectivity index (χ0) is 16.6. The molecule has 3 rings (SSSR count). The number of rotatable bonds is 2. The lowest BCUT2D eigenvalue weighted by Gasteiger charge is -2.07. The van der Waals surface area contributed by atoms with Crippen LogP contribution in [0.3, 0.4) is 0 Å². The van der Waals surface area contributed by atoms with Gasteiger partial charge in [-0.1, -0.05) is 0 Å². The molecular formula is C17H12F2N2O2. The predicted octanol–water partition coefficient (Wildman–Crippen LogP) is 3.37. The van der Waals surface area contributed by atoms with Crippen LogP contribution >= 0.6 is 0 Å². The number of aromatic nitrogens is 1. The zero-order valence-corrected chi connectivity index (χ0v) is 12.1. The van der Waals surface area contributed by atoms with Crippen molar-refractivity contribution < 1.29 is 13.6 Å². The molecule has 1 amide bonds. The number of H-pyrrole nitrogens is 1. The number of carbonyl (C=O) groups is 1. The summed E-state index contributed by atoms with van der Waals surface area (Å²) in [5.41, 5.74) is 1.35. The fourth-order valence-corrected chi connectivity index (χ4v) is 2.35. The van der Waals surface area contributed by atoms with Gasteiger partial charge in [-0.2, -0.15) is 0 Å². The average Bonchev–Trinajstić information content (AvgIpc) is 2.45. The number of amides is 1. The molecule has 0 aliphatic carbocycles. The molecule has 23 heavy (non-hydrogen) atoms. The molecule has 0 fully saturated rings. The third-order valence-corrected chi connectivity index (χ3v) is 3.35. The van der Waals surface area contributed by atoms with Crippen LogP contribution < -0.4 is 10.7 Å². The second-order valence-electron chi connectivity index (χ2n) is 5.19. The van der Waals surface area contributed by atoms with Crippen molar-refractivity contribution in [3.05, 3.63) is 75.6 Å². The number of aryl methyl sites for hydroxylation is 1. The van der Waals surface area contributed by atoms with E-state index in [9.17, 15) is 18.4 Å². The van der Waals surface area contributed by atoms with Crippen LogP contribution in [-0.2, 0) is 0 Å². The molecule has 0 unspecified atom stereocenters. The van der Waals surface area contributed by atoms with Gasteiger partial charge in [-0.15, -0.1) is 0 Å². The van der Waals surface area contributed by atoms with Crippen LogP contribution in [-0.4, -0.2) is 10.9 Å². The van der Waals surface area contributed by atoms with E-state index in [1.54, 1.807) is 13.0 Å². The molecule has 0 spiro atoms. The Morgan fingerprint density at radius 2 is 1.74 bits per heavy atom. The molecule has 0 saturated heterocycles. The van der Waals surface area contributed by atoms with Crippen molar-refractivity contribution in [2.24, 2.45) is 0 Å². The minimum Gasteiger partial charge on any atom is -0.358 e. The van der Waals surface area contributed by atoms with Crippen molar-refractivity contribution in [3.63, 3.8) is 0 Å². The summed E-state index contributed by atoms with van der Waals surface area (Å²) in [6.45, 7) is 1.76. The Kier molecular flexibility index (Phi) is 3.65. The van der Waals surface area contributed by atoms with Crippen molar-refractivity contribution in [1.29, 1.82) is 0 Å². The summed E-state index contributed by atoms with van der Waals surface area (Å²) in [7, 11) is 0. The van der Waals surface area contributed by atoms with Gasteiger partial charge in [0.25, 0.3) is 5.91 Å². The van der Waals surface area contributed by atoms with E-state index in [0.29, 0.717) is 17.0 Å². The highest BCUT2D eigenvalue weighted by atomic mass is 19.1. The predicted molar refractivity (Wildman–Crippen MR) is 83.6 cm³/mol. The third kappa shape index (κ3) is 3.11. The van der Waals surface area contributed by atoms with Crippen LogP contribution in [0.4, 0.5) is 14.5 Å². The molecule has 0 radical (unpaired) electrons. The third-order valence-electron chi connectivity index (χ3n) is 3.35. The maximum Gasteiger partial charge on any atom is 0.255 e. The lowest BCUT2D eigenvalue weighted by Crippen LogP contribution is -2.13. The number of nitrogens with one attached hydrogen (secondary N) is 2. The summed E-state index contributed by atoms with van der Waals surface area (Å²) in [5.74, 6) is -2.13. The van der Waals surface area contributed by atoms with Crippen LogP contribution in [0.2, 0.25) is 0 Å². The largest absolute Gasteiger partial charge is 0.358 e. The summed E-state index contributed by atoms with van der Waals surface area (Å²) in [5, 5.41) is 2.77. The highest BCUT2D eigenvalue weighted by Gasteiger charge is 2.10. The molecule has 0 atom stereocenters. The Balaban J connectivity index is 1.96. The second kappa shape index (κ2) is 5.64. The molecule has 0 saturated carbocycles.